The first kappa shape index (κ1) is 24.0. The second-order valence-electron chi connectivity index (χ2n) is 10.5. The van der Waals surface area contributed by atoms with E-state index in [-0.39, 0.29) is 23.5 Å². The van der Waals surface area contributed by atoms with E-state index in [1.54, 1.807) is 32.2 Å². The molecule has 0 aromatic carbocycles. The van der Waals surface area contributed by atoms with Gasteiger partial charge in [-0.15, -0.1) is 0 Å². The average Bonchev–Trinajstić information content (AvgIpc) is 3.78. The van der Waals surface area contributed by atoms with E-state index in [0.29, 0.717) is 45.9 Å². The number of aromatic nitrogens is 4. The Morgan fingerprint density at radius 1 is 0.784 bits per heavy atom. The highest BCUT2D eigenvalue weighted by molar-refractivity contribution is 5.72. The van der Waals surface area contributed by atoms with Crippen LogP contribution in [0.1, 0.15) is 60.0 Å². The summed E-state index contributed by atoms with van der Waals surface area (Å²) in [5, 5.41) is 6.53. The topological polar surface area (TPSA) is 82.1 Å². The van der Waals surface area contributed by atoms with Gasteiger partial charge in [-0.05, 0) is 81.7 Å². The largest absolute Gasteiger partial charge is 0.365 e. The number of nitrogens with one attached hydrogen (secondary N) is 2. The van der Waals surface area contributed by atoms with Gasteiger partial charge in [0.1, 0.15) is 23.3 Å². The summed E-state index contributed by atoms with van der Waals surface area (Å²) < 4.78 is 29.3. The van der Waals surface area contributed by atoms with E-state index < -0.39 is 0 Å². The predicted molar refractivity (Wildman–Crippen MR) is 140 cm³/mol. The molecule has 8 nitrogen and oxygen atoms in total. The van der Waals surface area contributed by atoms with Crippen molar-refractivity contribution >= 4 is 29.1 Å². The lowest BCUT2D eigenvalue weighted by atomic mass is 10.1. The Balaban J connectivity index is 1.34. The molecule has 194 valence electrons. The van der Waals surface area contributed by atoms with E-state index in [1.165, 1.54) is 0 Å². The highest BCUT2D eigenvalue weighted by Gasteiger charge is 2.30. The van der Waals surface area contributed by atoms with Crippen LogP contribution in [0.5, 0.6) is 0 Å². The molecule has 10 heteroatoms. The van der Waals surface area contributed by atoms with Gasteiger partial charge < -0.3 is 20.4 Å². The number of likely N-dealkylation sites (N-methyl/N-ethyl adjacent to an activating group) is 1. The lowest BCUT2D eigenvalue weighted by Crippen LogP contribution is -2.44. The molecule has 0 spiro atoms. The molecule has 4 heterocycles. The predicted octanol–water partition coefficient (Wildman–Crippen LogP) is 5.16. The fourth-order valence-corrected chi connectivity index (χ4v) is 4.92. The number of aryl methyl sites for hydroxylation is 2. The maximum absolute atomic E-state index is 14.7. The van der Waals surface area contributed by atoms with Gasteiger partial charge in [0.15, 0.2) is 5.82 Å². The van der Waals surface area contributed by atoms with Gasteiger partial charge in [-0.2, -0.15) is 4.98 Å². The second kappa shape index (κ2) is 9.48. The first-order chi connectivity index (χ1) is 17.9. The molecule has 0 amide bonds. The molecule has 37 heavy (non-hydrogen) atoms. The molecule has 0 unspecified atom stereocenters. The van der Waals surface area contributed by atoms with Crippen LogP contribution in [0.25, 0.3) is 0 Å². The Bertz CT molecular complexity index is 1330. The number of hydrogen-bond donors (Lipinski definition) is 2. The summed E-state index contributed by atoms with van der Waals surface area (Å²) in [4.78, 5) is 22.7. The molecule has 6 rings (SSSR count). The van der Waals surface area contributed by atoms with Gasteiger partial charge in [0.25, 0.3) is 0 Å². The van der Waals surface area contributed by atoms with Gasteiger partial charge in [0.2, 0.25) is 5.95 Å². The minimum atomic E-state index is -0.231. The summed E-state index contributed by atoms with van der Waals surface area (Å²) in [5.74, 6) is 2.08. The Morgan fingerprint density at radius 3 is 1.86 bits per heavy atom. The molecular weight excluding hydrogens is 474 g/mol. The number of nitrogens with zero attached hydrogens (tertiary/aromatic N) is 6. The van der Waals surface area contributed by atoms with E-state index in [2.05, 4.69) is 42.4 Å². The molecule has 2 N–H and O–H groups in total. The molecular formula is C27H32F2N8. The monoisotopic (exact) mass is 506 g/mol. The van der Waals surface area contributed by atoms with Crippen LogP contribution in [0.4, 0.5) is 37.9 Å². The van der Waals surface area contributed by atoms with Crippen molar-refractivity contribution in [3.05, 3.63) is 52.5 Å². The van der Waals surface area contributed by atoms with Gasteiger partial charge in [0, 0.05) is 26.2 Å². The van der Waals surface area contributed by atoms with Crippen LogP contribution < -0.4 is 15.5 Å². The van der Waals surface area contributed by atoms with Crippen LogP contribution in [0.15, 0.2) is 18.3 Å². The van der Waals surface area contributed by atoms with E-state index in [9.17, 15) is 8.78 Å². The van der Waals surface area contributed by atoms with E-state index in [1.807, 2.05) is 0 Å². The van der Waals surface area contributed by atoms with Crippen LogP contribution >= 0.6 is 0 Å². The molecule has 3 aliphatic rings. The normalized spacial score (nSPS) is 18.2. The first-order valence-electron chi connectivity index (χ1n) is 13.0. The molecule has 2 aliphatic carbocycles. The lowest BCUT2D eigenvalue weighted by Gasteiger charge is -2.34. The molecule has 1 saturated heterocycles. The Morgan fingerprint density at radius 2 is 1.32 bits per heavy atom. The van der Waals surface area contributed by atoms with Gasteiger partial charge in [0.05, 0.1) is 23.3 Å². The maximum Gasteiger partial charge on any atom is 0.230 e. The number of rotatable bonds is 7. The fraction of sp³-hybridized carbons (Fsp3) is 0.481. The minimum Gasteiger partial charge on any atom is -0.365 e. The van der Waals surface area contributed by atoms with Crippen molar-refractivity contribution in [3.63, 3.8) is 0 Å². The maximum atomic E-state index is 14.7. The van der Waals surface area contributed by atoms with Gasteiger partial charge in [-0.1, -0.05) is 0 Å². The summed E-state index contributed by atoms with van der Waals surface area (Å²) in [7, 11) is 2.11. The SMILES string of the molecule is Cc1nc(Nc2ncc(N3CCN(C)CC3)c(Nc3cc(C4CC4)c(F)c(C)n3)n2)cc(C2CC2)c1F. The standard InChI is InChI=1S/C27H32F2N8/c1-15-24(28)19(17-4-5-17)12-22(31-15)33-26-21(37-10-8-36(3)9-11-37)14-30-27(35-26)34-23-13-20(18-6-7-18)25(29)16(2)32-23/h12-14,17-18H,4-11H2,1-3H3,(H2,30,31,32,33,34,35). The Kier molecular flexibility index (Phi) is 6.14. The molecule has 2 saturated carbocycles. The van der Waals surface area contributed by atoms with Crippen molar-refractivity contribution in [3.8, 4) is 0 Å². The molecule has 3 aromatic heterocycles. The zero-order chi connectivity index (χ0) is 25.7. The molecule has 3 fully saturated rings. The third-order valence-corrected chi connectivity index (χ3v) is 7.44. The summed E-state index contributed by atoms with van der Waals surface area (Å²) >= 11 is 0. The van der Waals surface area contributed by atoms with Crippen molar-refractivity contribution in [1.29, 1.82) is 0 Å². The summed E-state index contributed by atoms with van der Waals surface area (Å²) in [6.07, 6.45) is 5.79. The van der Waals surface area contributed by atoms with Crippen molar-refractivity contribution in [2.24, 2.45) is 0 Å². The smallest absolute Gasteiger partial charge is 0.230 e. The summed E-state index contributed by atoms with van der Waals surface area (Å²) in [5.41, 5.74) is 3.00. The van der Waals surface area contributed by atoms with Crippen LogP contribution in [-0.4, -0.2) is 58.1 Å². The highest BCUT2D eigenvalue weighted by Crippen LogP contribution is 2.43. The van der Waals surface area contributed by atoms with Crippen LogP contribution in [0.2, 0.25) is 0 Å². The number of anilines is 5. The number of pyridine rings is 2. The fourth-order valence-electron chi connectivity index (χ4n) is 4.92. The highest BCUT2D eigenvalue weighted by atomic mass is 19.1. The quantitative estimate of drug-likeness (QED) is 0.455. The molecule has 0 radical (unpaired) electrons. The van der Waals surface area contributed by atoms with E-state index in [0.717, 1.165) is 57.5 Å². The molecule has 0 bridgehead atoms. The van der Waals surface area contributed by atoms with Crippen molar-refractivity contribution in [2.45, 2.75) is 51.4 Å². The third kappa shape index (κ3) is 5.07. The number of hydrogen-bond acceptors (Lipinski definition) is 8. The lowest BCUT2D eigenvalue weighted by molar-refractivity contribution is 0.313. The van der Waals surface area contributed by atoms with Crippen molar-refractivity contribution in [2.75, 3.05) is 48.8 Å². The van der Waals surface area contributed by atoms with Crippen LogP contribution in [-0.2, 0) is 0 Å². The summed E-state index contributed by atoms with van der Waals surface area (Å²) in [6, 6.07) is 3.56. The zero-order valence-electron chi connectivity index (χ0n) is 21.5. The Hall–Kier alpha value is -3.40. The zero-order valence-corrected chi connectivity index (χ0v) is 21.5. The van der Waals surface area contributed by atoms with Gasteiger partial charge >= 0.3 is 0 Å². The van der Waals surface area contributed by atoms with Gasteiger partial charge in [-0.25, -0.2) is 23.7 Å². The summed E-state index contributed by atoms with van der Waals surface area (Å²) in [6.45, 7) is 6.92. The van der Waals surface area contributed by atoms with Crippen LogP contribution in [0, 0.1) is 25.5 Å². The number of halogens is 2. The molecule has 3 aromatic rings. The Labute approximate surface area is 215 Å². The average molecular weight is 507 g/mol. The third-order valence-electron chi connectivity index (χ3n) is 7.44. The van der Waals surface area contributed by atoms with E-state index >= 15 is 0 Å². The van der Waals surface area contributed by atoms with Crippen LogP contribution in [0.3, 0.4) is 0 Å². The second-order valence-corrected chi connectivity index (χ2v) is 10.5. The number of piperazine rings is 1. The van der Waals surface area contributed by atoms with E-state index in [4.69, 9.17) is 4.98 Å². The first-order valence-corrected chi connectivity index (χ1v) is 13.0. The van der Waals surface area contributed by atoms with Crippen molar-refractivity contribution in [1.82, 2.24) is 24.8 Å². The van der Waals surface area contributed by atoms with Crippen molar-refractivity contribution < 1.29 is 8.78 Å². The van der Waals surface area contributed by atoms with Gasteiger partial charge in [-0.3, -0.25) is 0 Å². The molecule has 0 atom stereocenters. The molecule has 1 aliphatic heterocycles. The minimum absolute atomic E-state index is 0.221.